The third kappa shape index (κ3) is 3.04. The van der Waals surface area contributed by atoms with Crippen molar-refractivity contribution in [2.24, 2.45) is 0 Å². The van der Waals surface area contributed by atoms with Crippen LogP contribution in [0, 0.1) is 12.7 Å². The summed E-state index contributed by atoms with van der Waals surface area (Å²) in [6, 6.07) is 14.4. The molecule has 0 bridgehead atoms. The Morgan fingerprint density at radius 1 is 1.23 bits per heavy atom. The van der Waals surface area contributed by atoms with Gasteiger partial charge >= 0.3 is 0 Å². The van der Waals surface area contributed by atoms with E-state index in [4.69, 9.17) is 0 Å². The molecule has 2 aromatic heterocycles. The van der Waals surface area contributed by atoms with Crippen LogP contribution in [0.1, 0.15) is 15.4 Å². The molecule has 130 valence electrons. The lowest BCUT2D eigenvalue weighted by atomic mass is 10.2. The number of nitrogens with one attached hydrogen (secondary N) is 1. The number of nitrogens with zero attached hydrogens (tertiary/aromatic N) is 2. The van der Waals surface area contributed by atoms with E-state index in [1.807, 2.05) is 47.9 Å². The van der Waals surface area contributed by atoms with Gasteiger partial charge < -0.3 is 5.32 Å². The molecular formula is C19H13BrFN3OS. The van der Waals surface area contributed by atoms with Crippen molar-refractivity contribution in [1.82, 2.24) is 9.38 Å². The highest BCUT2D eigenvalue weighted by molar-refractivity contribution is 9.10. The lowest BCUT2D eigenvalue weighted by Gasteiger charge is -2.06. The van der Waals surface area contributed by atoms with E-state index in [-0.39, 0.29) is 11.6 Å². The molecule has 0 fully saturated rings. The number of benzene rings is 2. The number of hydrogen-bond acceptors (Lipinski definition) is 3. The molecule has 0 aliphatic rings. The van der Waals surface area contributed by atoms with Gasteiger partial charge in [0.15, 0.2) is 4.96 Å². The number of imidazole rings is 1. The van der Waals surface area contributed by atoms with Crippen LogP contribution in [0.25, 0.3) is 16.2 Å². The Morgan fingerprint density at radius 2 is 2.00 bits per heavy atom. The average Bonchev–Trinajstić information content (AvgIpc) is 3.18. The Balaban J connectivity index is 1.65. The number of amides is 1. The van der Waals surface area contributed by atoms with Gasteiger partial charge in [0, 0.05) is 21.9 Å². The van der Waals surface area contributed by atoms with E-state index >= 15 is 0 Å². The molecule has 4 rings (SSSR count). The van der Waals surface area contributed by atoms with Crippen LogP contribution < -0.4 is 5.32 Å². The van der Waals surface area contributed by atoms with Gasteiger partial charge in [-0.05, 0) is 25.1 Å². The molecule has 4 nitrogen and oxygen atoms in total. The van der Waals surface area contributed by atoms with E-state index in [1.165, 1.54) is 23.5 Å². The number of aromatic nitrogens is 2. The first-order valence-electron chi connectivity index (χ1n) is 7.83. The van der Waals surface area contributed by atoms with Crippen molar-refractivity contribution in [3.63, 3.8) is 0 Å². The van der Waals surface area contributed by atoms with E-state index in [0.29, 0.717) is 9.35 Å². The zero-order valence-electron chi connectivity index (χ0n) is 13.7. The van der Waals surface area contributed by atoms with Gasteiger partial charge in [-0.3, -0.25) is 9.20 Å². The normalized spacial score (nSPS) is 11.0. The van der Waals surface area contributed by atoms with E-state index in [2.05, 4.69) is 26.2 Å². The van der Waals surface area contributed by atoms with Gasteiger partial charge in [0.05, 0.1) is 11.4 Å². The fraction of sp³-hybridized carbons (Fsp3) is 0.0526. The molecule has 26 heavy (non-hydrogen) atoms. The van der Waals surface area contributed by atoms with Crippen LogP contribution >= 0.6 is 27.3 Å². The van der Waals surface area contributed by atoms with E-state index < -0.39 is 5.82 Å². The number of rotatable bonds is 3. The fourth-order valence-corrected chi connectivity index (χ4v) is 4.02. The van der Waals surface area contributed by atoms with Crippen molar-refractivity contribution in [3.8, 4) is 11.3 Å². The molecule has 0 radical (unpaired) electrons. The summed E-state index contributed by atoms with van der Waals surface area (Å²) in [6.07, 6.45) is 1.91. The predicted molar refractivity (Wildman–Crippen MR) is 105 cm³/mol. The van der Waals surface area contributed by atoms with Crippen molar-refractivity contribution < 1.29 is 9.18 Å². The zero-order valence-corrected chi connectivity index (χ0v) is 16.1. The van der Waals surface area contributed by atoms with Gasteiger partial charge in [-0.25, -0.2) is 9.37 Å². The van der Waals surface area contributed by atoms with Crippen LogP contribution in [-0.4, -0.2) is 15.3 Å². The highest BCUT2D eigenvalue weighted by Crippen LogP contribution is 2.28. The van der Waals surface area contributed by atoms with Crippen molar-refractivity contribution >= 4 is 43.8 Å². The lowest BCUT2D eigenvalue weighted by molar-refractivity contribution is 0.102. The van der Waals surface area contributed by atoms with Crippen LogP contribution in [0.3, 0.4) is 0 Å². The van der Waals surface area contributed by atoms with Crippen molar-refractivity contribution in [3.05, 3.63) is 75.6 Å². The van der Waals surface area contributed by atoms with Crippen LogP contribution in [-0.2, 0) is 0 Å². The quantitative estimate of drug-likeness (QED) is 0.465. The maximum atomic E-state index is 14.0. The molecule has 0 aliphatic heterocycles. The molecule has 0 saturated heterocycles. The van der Waals surface area contributed by atoms with Gasteiger partial charge in [-0.1, -0.05) is 57.6 Å². The number of carbonyl (C=O) groups is 1. The summed E-state index contributed by atoms with van der Waals surface area (Å²) in [5, 5.41) is 2.63. The summed E-state index contributed by atoms with van der Waals surface area (Å²) in [6.45, 7) is 1.85. The predicted octanol–water partition coefficient (Wildman–Crippen LogP) is 5.53. The summed E-state index contributed by atoms with van der Waals surface area (Å²) in [4.78, 5) is 18.4. The summed E-state index contributed by atoms with van der Waals surface area (Å²) in [5.74, 6) is -0.835. The van der Waals surface area contributed by atoms with Gasteiger partial charge in [-0.15, -0.1) is 0 Å². The van der Waals surface area contributed by atoms with Crippen LogP contribution in [0.4, 0.5) is 10.1 Å². The Hall–Kier alpha value is -2.51. The fourth-order valence-electron chi connectivity index (χ4n) is 2.68. The van der Waals surface area contributed by atoms with Gasteiger partial charge in [0.2, 0.25) is 0 Å². The first-order valence-corrected chi connectivity index (χ1v) is 9.44. The number of aryl methyl sites for hydroxylation is 1. The van der Waals surface area contributed by atoms with Crippen molar-refractivity contribution in [1.29, 1.82) is 0 Å². The summed E-state index contributed by atoms with van der Waals surface area (Å²) >= 11 is 4.48. The Bertz CT molecular complexity index is 1120. The smallest absolute Gasteiger partial charge is 0.267 e. The first kappa shape index (κ1) is 16.9. The molecular weight excluding hydrogens is 417 g/mol. The van der Waals surface area contributed by atoms with Crippen LogP contribution in [0.2, 0.25) is 0 Å². The van der Waals surface area contributed by atoms with E-state index in [9.17, 15) is 9.18 Å². The molecule has 2 heterocycles. The van der Waals surface area contributed by atoms with Gasteiger partial charge in [0.1, 0.15) is 10.7 Å². The molecule has 2 aromatic carbocycles. The van der Waals surface area contributed by atoms with Gasteiger partial charge in [0.25, 0.3) is 5.91 Å². The highest BCUT2D eigenvalue weighted by atomic mass is 79.9. The van der Waals surface area contributed by atoms with Crippen molar-refractivity contribution in [2.75, 3.05) is 5.32 Å². The maximum Gasteiger partial charge on any atom is 0.267 e. The minimum Gasteiger partial charge on any atom is -0.319 e. The number of thiazole rings is 1. The summed E-state index contributed by atoms with van der Waals surface area (Å²) in [7, 11) is 0. The molecule has 0 spiro atoms. The number of fused-ring (bicyclic) bond motifs is 1. The van der Waals surface area contributed by atoms with Crippen LogP contribution in [0.15, 0.2) is 59.2 Å². The summed E-state index contributed by atoms with van der Waals surface area (Å²) in [5.41, 5.74) is 2.79. The number of hydrogen-bond donors (Lipinski definition) is 1. The molecule has 0 saturated carbocycles. The summed E-state index contributed by atoms with van der Waals surface area (Å²) < 4.78 is 16.5. The Labute approximate surface area is 161 Å². The zero-order chi connectivity index (χ0) is 18.3. The monoisotopic (exact) mass is 429 g/mol. The lowest BCUT2D eigenvalue weighted by Crippen LogP contribution is -2.13. The van der Waals surface area contributed by atoms with Gasteiger partial charge in [-0.2, -0.15) is 0 Å². The molecule has 0 unspecified atom stereocenters. The van der Waals surface area contributed by atoms with E-state index in [1.54, 1.807) is 6.07 Å². The van der Waals surface area contributed by atoms with Crippen molar-refractivity contribution in [2.45, 2.75) is 6.92 Å². The minimum absolute atomic E-state index is 0.147. The number of carbonyl (C=O) groups excluding carboxylic acids is 1. The Kier molecular flexibility index (Phi) is 4.34. The topological polar surface area (TPSA) is 46.4 Å². The second kappa shape index (κ2) is 6.66. The SMILES string of the molecule is Cc1c(C(=O)Nc2ccc(Br)cc2F)sc2nc(-c3ccccc3)cn12. The molecule has 4 aromatic rings. The molecule has 1 amide bonds. The second-order valence-electron chi connectivity index (χ2n) is 5.74. The molecule has 1 N–H and O–H groups in total. The molecule has 7 heteroatoms. The standard InChI is InChI=1S/C19H13BrFN3OS/c1-11-17(18(25)22-15-8-7-13(20)9-14(15)21)26-19-23-16(10-24(11)19)12-5-3-2-4-6-12/h2-10H,1H3,(H,22,25). The largest absolute Gasteiger partial charge is 0.319 e. The average molecular weight is 430 g/mol. The first-order chi connectivity index (χ1) is 12.5. The third-order valence-corrected chi connectivity index (χ3v) is 5.66. The number of anilines is 1. The third-order valence-electron chi connectivity index (χ3n) is 4.01. The molecule has 0 atom stereocenters. The van der Waals surface area contributed by atoms with Crippen LogP contribution in [0.5, 0.6) is 0 Å². The number of halogens is 2. The molecule has 0 aliphatic carbocycles. The maximum absolute atomic E-state index is 14.0. The highest BCUT2D eigenvalue weighted by Gasteiger charge is 2.19. The Morgan fingerprint density at radius 3 is 2.69 bits per heavy atom. The van der Waals surface area contributed by atoms with E-state index in [0.717, 1.165) is 21.9 Å². The minimum atomic E-state index is -0.488. The second-order valence-corrected chi connectivity index (χ2v) is 7.63.